The van der Waals surface area contributed by atoms with Gasteiger partial charge in [-0.2, -0.15) is 0 Å². The van der Waals surface area contributed by atoms with Crippen LogP contribution in [0.15, 0.2) is 117 Å². The van der Waals surface area contributed by atoms with Gasteiger partial charge in [0.05, 0.1) is 13.2 Å². The monoisotopic (exact) mass is 730 g/mol. The molecule has 1 fully saturated rings. The van der Waals surface area contributed by atoms with E-state index in [1.54, 1.807) is 43.2 Å². The molecule has 4 aromatic rings. The van der Waals surface area contributed by atoms with Gasteiger partial charge in [-0.1, -0.05) is 43.2 Å². The highest BCUT2D eigenvalue weighted by atomic mass is 33.1. The Morgan fingerprint density at radius 2 is 0.896 bits per heavy atom. The molecule has 9 nitrogen and oxygen atoms in total. The Bertz CT molecular complexity index is 1470. The number of hydrogen-bond donors (Lipinski definition) is 2. The van der Waals surface area contributed by atoms with Crippen molar-refractivity contribution in [3.05, 3.63) is 97.1 Å². The van der Waals surface area contributed by atoms with E-state index in [2.05, 4.69) is 0 Å². The molecule has 0 aromatic heterocycles. The lowest BCUT2D eigenvalue weighted by Gasteiger charge is -2.14. The van der Waals surface area contributed by atoms with Crippen LogP contribution in [0.5, 0.6) is 23.0 Å². The van der Waals surface area contributed by atoms with E-state index >= 15 is 0 Å². The molecule has 1 saturated heterocycles. The maximum absolute atomic E-state index is 10.4. The van der Waals surface area contributed by atoms with Crippen LogP contribution in [0.1, 0.15) is 0 Å². The lowest BCUT2D eigenvalue weighted by atomic mass is 10.3. The molecule has 0 spiro atoms. The van der Waals surface area contributed by atoms with Gasteiger partial charge in [0, 0.05) is 26.7 Å². The van der Waals surface area contributed by atoms with E-state index in [9.17, 15) is 10.2 Å². The molecular formula is C35H38O9S4. The Hall–Kier alpha value is -2.72. The van der Waals surface area contributed by atoms with Gasteiger partial charge in [-0.15, -0.1) is 0 Å². The fourth-order valence-corrected chi connectivity index (χ4v) is 7.71. The third kappa shape index (κ3) is 13.7. The van der Waals surface area contributed by atoms with Gasteiger partial charge < -0.3 is 43.4 Å². The number of rotatable bonds is 22. The van der Waals surface area contributed by atoms with Crippen LogP contribution in [0.25, 0.3) is 0 Å². The topological polar surface area (TPSA) is 108 Å². The van der Waals surface area contributed by atoms with Crippen LogP contribution < -0.4 is 18.9 Å². The zero-order chi connectivity index (χ0) is 33.4. The van der Waals surface area contributed by atoms with Gasteiger partial charge in [0.25, 0.3) is 0 Å². The molecule has 0 bridgehead atoms. The van der Waals surface area contributed by atoms with Crippen LogP contribution in [0.3, 0.4) is 0 Å². The second-order valence-electron chi connectivity index (χ2n) is 10.5. The minimum atomic E-state index is -0.776. The minimum Gasteiger partial charge on any atom is -0.491 e. The van der Waals surface area contributed by atoms with Crippen LogP contribution in [0.4, 0.5) is 0 Å². The summed E-state index contributed by atoms with van der Waals surface area (Å²) in [6, 6.07) is 31.3. The molecule has 3 unspecified atom stereocenters. The van der Waals surface area contributed by atoms with E-state index in [-0.39, 0.29) is 39.3 Å². The molecule has 0 aliphatic carbocycles. The van der Waals surface area contributed by atoms with E-state index in [4.69, 9.17) is 33.2 Å². The van der Waals surface area contributed by atoms with Gasteiger partial charge in [0.1, 0.15) is 74.5 Å². The minimum absolute atomic E-state index is 0.121. The van der Waals surface area contributed by atoms with E-state index in [0.717, 1.165) is 31.9 Å². The normalized spacial score (nSPS) is 15.0. The summed E-state index contributed by atoms with van der Waals surface area (Å²) in [4.78, 5) is 4.38. The highest BCUT2D eigenvalue weighted by Crippen LogP contribution is 2.39. The first-order valence-corrected chi connectivity index (χ1v) is 19.5. The van der Waals surface area contributed by atoms with Gasteiger partial charge in [-0.25, -0.2) is 0 Å². The smallest absolute Gasteiger partial charge is 0.146 e. The van der Waals surface area contributed by atoms with Crippen LogP contribution in [0, 0.1) is 0 Å². The van der Waals surface area contributed by atoms with Crippen molar-refractivity contribution in [2.45, 2.75) is 37.9 Å². The number of epoxide rings is 1. The highest BCUT2D eigenvalue weighted by molar-refractivity contribution is 8.77. The van der Waals surface area contributed by atoms with Crippen molar-refractivity contribution >= 4 is 43.2 Å². The maximum Gasteiger partial charge on any atom is 0.146 e. The molecule has 0 amide bonds. The Balaban J connectivity index is 0.937. The SMILES string of the molecule is COCOCC(O)COc1ccc(SSc2ccc(OCC(O)COc3ccc(SSc4ccc(OCC5CO5)cc4)cc3)cc2)cc1. The Morgan fingerprint density at radius 1 is 0.562 bits per heavy atom. The van der Waals surface area contributed by atoms with Crippen molar-refractivity contribution in [1.82, 2.24) is 0 Å². The number of methoxy groups -OCH3 is 1. The van der Waals surface area contributed by atoms with E-state index in [1.165, 1.54) is 7.11 Å². The summed E-state index contributed by atoms with van der Waals surface area (Å²) in [6.45, 7) is 2.07. The molecule has 2 N–H and O–H groups in total. The molecule has 48 heavy (non-hydrogen) atoms. The molecule has 4 aromatic carbocycles. The molecule has 256 valence electrons. The number of benzene rings is 4. The molecule has 0 radical (unpaired) electrons. The fraction of sp³-hybridized carbons (Fsp3) is 0.314. The summed E-state index contributed by atoms with van der Waals surface area (Å²) in [5.41, 5.74) is 0. The van der Waals surface area contributed by atoms with Crippen LogP contribution in [0.2, 0.25) is 0 Å². The first kappa shape index (κ1) is 36.6. The average Bonchev–Trinajstić information content (AvgIpc) is 3.96. The lowest BCUT2D eigenvalue weighted by Crippen LogP contribution is -2.25. The number of ether oxygens (including phenoxy) is 7. The van der Waals surface area contributed by atoms with E-state index < -0.39 is 12.2 Å². The third-order valence-electron chi connectivity index (χ3n) is 6.44. The summed E-state index contributed by atoms with van der Waals surface area (Å²) in [7, 11) is 8.12. The largest absolute Gasteiger partial charge is 0.491 e. The number of aliphatic hydroxyl groups is 2. The molecular weight excluding hydrogens is 693 g/mol. The summed E-state index contributed by atoms with van der Waals surface area (Å²) >= 11 is 0. The van der Waals surface area contributed by atoms with Gasteiger partial charge in [0.15, 0.2) is 0 Å². The molecule has 1 heterocycles. The van der Waals surface area contributed by atoms with Crippen molar-refractivity contribution in [2.75, 3.05) is 53.5 Å². The quantitative estimate of drug-likeness (QED) is 0.0368. The predicted molar refractivity (Wildman–Crippen MR) is 191 cm³/mol. The number of hydrogen-bond acceptors (Lipinski definition) is 13. The average molecular weight is 731 g/mol. The summed E-state index contributed by atoms with van der Waals surface area (Å²) in [6.07, 6.45) is -1.25. The van der Waals surface area contributed by atoms with E-state index in [1.807, 2.05) is 97.1 Å². The zero-order valence-electron chi connectivity index (χ0n) is 26.3. The maximum atomic E-state index is 10.4. The Kier molecular flexibility index (Phi) is 15.3. The molecule has 0 saturated carbocycles. The molecule has 5 rings (SSSR count). The van der Waals surface area contributed by atoms with Gasteiger partial charge in [-0.3, -0.25) is 0 Å². The molecule has 3 atom stereocenters. The lowest BCUT2D eigenvalue weighted by molar-refractivity contribution is -0.0685. The first-order chi connectivity index (χ1) is 23.5. The van der Waals surface area contributed by atoms with Gasteiger partial charge in [-0.05, 0) is 97.1 Å². The van der Waals surface area contributed by atoms with Crippen LogP contribution in [-0.2, 0) is 14.2 Å². The van der Waals surface area contributed by atoms with Crippen molar-refractivity contribution < 1.29 is 43.4 Å². The highest BCUT2D eigenvalue weighted by Gasteiger charge is 2.23. The van der Waals surface area contributed by atoms with Crippen molar-refractivity contribution in [2.24, 2.45) is 0 Å². The third-order valence-corrected chi connectivity index (χ3v) is 11.3. The Labute approximate surface area is 296 Å². The van der Waals surface area contributed by atoms with Gasteiger partial charge in [0.2, 0.25) is 0 Å². The fourth-order valence-electron chi connectivity index (χ4n) is 3.85. The van der Waals surface area contributed by atoms with Gasteiger partial charge >= 0.3 is 0 Å². The van der Waals surface area contributed by atoms with Crippen molar-refractivity contribution in [1.29, 1.82) is 0 Å². The van der Waals surface area contributed by atoms with Crippen molar-refractivity contribution in [3.63, 3.8) is 0 Å². The Morgan fingerprint density at radius 3 is 1.23 bits per heavy atom. The molecule has 1 aliphatic rings. The summed E-state index contributed by atoms with van der Waals surface area (Å²) in [5.74, 6) is 2.89. The standard InChI is InChI=1S/C35H38O9S4/c1-38-24-39-18-25(36)19-40-27-2-10-32(11-3-27)45-46-33-12-4-28(5-13-33)41-20-26(37)21-42-29-6-14-34(15-7-29)47-48-35-16-8-30(9-17-35)43-22-31-23-44-31/h2-17,25-26,31,36-37H,18-24H2,1H3. The van der Waals surface area contributed by atoms with Crippen molar-refractivity contribution in [3.8, 4) is 23.0 Å². The first-order valence-electron chi connectivity index (χ1n) is 15.2. The van der Waals surface area contributed by atoms with E-state index in [0.29, 0.717) is 23.9 Å². The zero-order valence-corrected chi connectivity index (χ0v) is 29.6. The summed E-state index contributed by atoms with van der Waals surface area (Å²) < 4.78 is 37.9. The molecule has 1 aliphatic heterocycles. The second kappa shape index (κ2) is 20.1. The van der Waals surface area contributed by atoms with Crippen LogP contribution >= 0.6 is 43.2 Å². The predicted octanol–water partition coefficient (Wildman–Crippen LogP) is 7.24. The summed E-state index contributed by atoms with van der Waals surface area (Å²) in [5, 5.41) is 20.3. The number of aliphatic hydroxyl groups excluding tert-OH is 2. The molecule has 13 heteroatoms. The second-order valence-corrected chi connectivity index (χ2v) is 15.1. The van der Waals surface area contributed by atoms with Crippen LogP contribution in [-0.4, -0.2) is 82.1 Å².